The van der Waals surface area contributed by atoms with E-state index in [9.17, 15) is 43.8 Å². The van der Waals surface area contributed by atoms with Crippen LogP contribution in [0.3, 0.4) is 0 Å². The number of Topliss-reactive ketones (excluding diaryl/α,β-unsaturated/α-hetero) is 1. The SMILES string of the molecule is C[C@H]1C(=O)N2C(C(=O)O)CC[C@@]23N[C@@H](CCC(=O)CC[C@@H](NC(=O)c2ccc(NCc4cnc5nc(N)[nH]c(=O)c5n4)cc2)C(=O)O)C(=O)N13. The van der Waals surface area contributed by atoms with Crippen LogP contribution in [0.5, 0.6) is 0 Å². The maximum Gasteiger partial charge on any atom is 0.326 e. The molecule has 19 nitrogen and oxygen atoms in total. The summed E-state index contributed by atoms with van der Waals surface area (Å²) in [5.74, 6) is -5.61. The number of carbonyl (C=O) groups excluding carboxylic acids is 4. The molecule has 19 heteroatoms. The van der Waals surface area contributed by atoms with Gasteiger partial charge < -0.3 is 26.6 Å². The standard InChI is InChI=1S/C31H34N10O9/c1-14-26(45)41-21(29(49)50)10-11-31(41)39-19(27(46)40(14)31)8-6-18(42)7-9-20(28(47)48)36-24(43)15-2-4-16(5-3-15)33-12-17-13-34-23-22(35-17)25(44)38-30(32)37-23/h2-5,13-14,19-21,33,39H,6-12H2,1H3,(H,36,43)(H,47,48)(H,49,50)(H3,32,34,37,38,44)/t14-,19-,20+,21?,31-/m0/s1. The first-order valence-electron chi connectivity index (χ1n) is 15.9. The summed E-state index contributed by atoms with van der Waals surface area (Å²) in [4.78, 5) is 105. The molecule has 3 aromatic rings. The number of benzene rings is 1. The van der Waals surface area contributed by atoms with Gasteiger partial charge in [0.15, 0.2) is 17.0 Å². The van der Waals surface area contributed by atoms with Gasteiger partial charge >= 0.3 is 11.9 Å². The molecule has 0 aliphatic carbocycles. The van der Waals surface area contributed by atoms with Gasteiger partial charge in [0.05, 0.1) is 24.5 Å². The number of nitrogens with one attached hydrogen (secondary N) is 4. The molecular weight excluding hydrogens is 656 g/mol. The van der Waals surface area contributed by atoms with E-state index in [0.29, 0.717) is 11.4 Å². The van der Waals surface area contributed by atoms with Crippen LogP contribution in [-0.2, 0) is 30.5 Å². The Morgan fingerprint density at radius 3 is 2.50 bits per heavy atom. The topological polar surface area (TPSA) is 283 Å². The monoisotopic (exact) mass is 690 g/mol. The zero-order valence-corrected chi connectivity index (χ0v) is 26.7. The number of aliphatic carboxylic acids is 2. The zero-order valence-electron chi connectivity index (χ0n) is 26.7. The first-order valence-corrected chi connectivity index (χ1v) is 15.9. The predicted molar refractivity (Wildman–Crippen MR) is 172 cm³/mol. The molecule has 0 bridgehead atoms. The van der Waals surface area contributed by atoms with E-state index in [1.807, 2.05) is 0 Å². The molecule has 5 atom stereocenters. The number of fused-ring (bicyclic) bond motifs is 1. The van der Waals surface area contributed by atoms with Crippen molar-refractivity contribution in [2.45, 2.75) is 81.9 Å². The summed E-state index contributed by atoms with van der Waals surface area (Å²) in [5.41, 5.74) is 6.38. The van der Waals surface area contributed by atoms with Crippen LogP contribution >= 0.6 is 0 Å². The second-order valence-electron chi connectivity index (χ2n) is 12.4. The van der Waals surface area contributed by atoms with Gasteiger partial charge in [-0.3, -0.25) is 44.1 Å². The van der Waals surface area contributed by atoms with Gasteiger partial charge in [0.2, 0.25) is 17.8 Å². The minimum atomic E-state index is -1.36. The molecule has 3 saturated heterocycles. The lowest BCUT2D eigenvalue weighted by molar-refractivity contribution is -0.150. The number of carbonyl (C=O) groups is 6. The van der Waals surface area contributed by atoms with Gasteiger partial charge in [-0.15, -0.1) is 0 Å². The number of nitrogen functional groups attached to an aromatic ring is 1. The molecule has 5 heterocycles. The van der Waals surface area contributed by atoms with Crippen molar-refractivity contribution >= 4 is 58.2 Å². The second-order valence-corrected chi connectivity index (χ2v) is 12.4. The fourth-order valence-corrected chi connectivity index (χ4v) is 6.80. The Balaban J connectivity index is 0.984. The number of nitrogens with zero attached hydrogens (tertiary/aromatic N) is 5. The molecule has 6 rings (SSSR count). The number of hydrogen-bond donors (Lipinski definition) is 7. The highest BCUT2D eigenvalue weighted by molar-refractivity contribution is 5.99. The lowest BCUT2D eigenvalue weighted by Gasteiger charge is -2.34. The number of rotatable bonds is 13. The minimum Gasteiger partial charge on any atom is -0.480 e. The maximum atomic E-state index is 13.2. The number of hydrogen-bond acceptors (Lipinski definition) is 13. The fourth-order valence-electron chi connectivity index (χ4n) is 6.80. The summed E-state index contributed by atoms with van der Waals surface area (Å²) in [6.45, 7) is 1.74. The summed E-state index contributed by atoms with van der Waals surface area (Å²) < 4.78 is 0. The Morgan fingerprint density at radius 2 is 1.80 bits per heavy atom. The highest BCUT2D eigenvalue weighted by Gasteiger charge is 2.68. The number of aromatic nitrogens is 4. The smallest absolute Gasteiger partial charge is 0.326 e. The second kappa shape index (κ2) is 13.1. The van der Waals surface area contributed by atoms with Gasteiger partial charge in [0.1, 0.15) is 23.9 Å². The quantitative estimate of drug-likeness (QED) is 0.115. The number of ketones is 1. The Kier molecular flexibility index (Phi) is 8.91. The van der Waals surface area contributed by atoms with E-state index in [0.717, 1.165) is 0 Å². The van der Waals surface area contributed by atoms with E-state index < -0.39 is 65.2 Å². The fraction of sp³-hybridized carbons (Fsp3) is 0.419. The van der Waals surface area contributed by atoms with E-state index in [4.69, 9.17) is 5.73 Å². The van der Waals surface area contributed by atoms with Crippen LogP contribution in [0, 0.1) is 0 Å². The average molecular weight is 691 g/mol. The summed E-state index contributed by atoms with van der Waals surface area (Å²) in [5, 5.41) is 28.0. The molecule has 1 aromatic carbocycles. The van der Waals surface area contributed by atoms with Crippen LogP contribution in [-0.4, -0.2) is 105 Å². The molecule has 8 N–H and O–H groups in total. The third kappa shape index (κ3) is 6.17. The lowest BCUT2D eigenvalue weighted by Crippen LogP contribution is -2.58. The Bertz CT molecular complexity index is 1970. The van der Waals surface area contributed by atoms with Crippen LogP contribution < -0.4 is 27.2 Å². The van der Waals surface area contributed by atoms with Gasteiger partial charge in [-0.05, 0) is 50.5 Å². The third-order valence-electron chi connectivity index (χ3n) is 9.22. The van der Waals surface area contributed by atoms with Crippen molar-refractivity contribution in [3.63, 3.8) is 0 Å². The number of H-pyrrole nitrogens is 1. The van der Waals surface area contributed by atoms with E-state index >= 15 is 0 Å². The van der Waals surface area contributed by atoms with Gasteiger partial charge in [-0.2, -0.15) is 4.98 Å². The van der Waals surface area contributed by atoms with Crippen molar-refractivity contribution < 1.29 is 39.0 Å². The number of aromatic amines is 1. The van der Waals surface area contributed by atoms with E-state index in [-0.39, 0.29) is 73.5 Å². The van der Waals surface area contributed by atoms with Crippen LogP contribution in [0.2, 0.25) is 0 Å². The average Bonchev–Trinajstić information content (AvgIpc) is 3.66. The Morgan fingerprint density at radius 1 is 1.06 bits per heavy atom. The van der Waals surface area contributed by atoms with E-state index in [1.54, 1.807) is 19.1 Å². The summed E-state index contributed by atoms with van der Waals surface area (Å²) >= 11 is 0. The number of carboxylic acids is 2. The number of anilines is 2. The summed E-state index contributed by atoms with van der Waals surface area (Å²) in [6, 6.07) is 2.10. The van der Waals surface area contributed by atoms with Crippen molar-refractivity contribution in [3.8, 4) is 0 Å². The van der Waals surface area contributed by atoms with Crippen molar-refractivity contribution in [2.75, 3.05) is 11.1 Å². The Labute approximate surface area is 282 Å². The molecule has 2 aromatic heterocycles. The van der Waals surface area contributed by atoms with Gasteiger partial charge in [0.25, 0.3) is 11.5 Å². The van der Waals surface area contributed by atoms with E-state index in [2.05, 4.69) is 35.9 Å². The molecular formula is C31H34N10O9. The summed E-state index contributed by atoms with van der Waals surface area (Å²) in [6.07, 6.45) is 1.51. The first-order chi connectivity index (χ1) is 23.8. The maximum absolute atomic E-state index is 13.2. The molecule has 50 heavy (non-hydrogen) atoms. The Hall–Kier alpha value is -5.98. The first kappa shape index (κ1) is 33.9. The lowest BCUT2D eigenvalue weighted by atomic mass is 10.0. The molecule has 3 amide bonds. The van der Waals surface area contributed by atoms with Crippen molar-refractivity contribution in [2.24, 2.45) is 0 Å². The van der Waals surface area contributed by atoms with Gasteiger partial charge in [-0.25, -0.2) is 19.6 Å². The highest BCUT2D eigenvalue weighted by Crippen LogP contribution is 2.46. The highest BCUT2D eigenvalue weighted by atomic mass is 16.4. The number of nitrogens with two attached hydrogens (primary N) is 1. The normalized spacial score (nSPS) is 23.1. The zero-order chi connectivity index (χ0) is 35.9. The van der Waals surface area contributed by atoms with Crippen LogP contribution in [0.1, 0.15) is 61.5 Å². The number of carboxylic acid groups (broad SMARTS) is 2. The van der Waals surface area contributed by atoms with E-state index in [1.165, 1.54) is 28.1 Å². The minimum absolute atomic E-state index is 0.0345. The summed E-state index contributed by atoms with van der Waals surface area (Å²) in [7, 11) is 0. The molecule has 3 aliphatic heterocycles. The predicted octanol–water partition coefficient (Wildman–Crippen LogP) is -0.848. The van der Waals surface area contributed by atoms with Gasteiger partial charge in [0, 0.05) is 30.5 Å². The van der Waals surface area contributed by atoms with Crippen molar-refractivity contribution in [3.05, 3.63) is 52.1 Å². The molecule has 3 fully saturated rings. The van der Waals surface area contributed by atoms with Crippen molar-refractivity contribution in [1.29, 1.82) is 0 Å². The largest absolute Gasteiger partial charge is 0.480 e. The van der Waals surface area contributed by atoms with Crippen LogP contribution in [0.15, 0.2) is 35.3 Å². The molecule has 262 valence electrons. The number of amides is 3. The molecule has 1 spiro atoms. The molecule has 0 radical (unpaired) electrons. The van der Waals surface area contributed by atoms with Crippen molar-refractivity contribution in [1.82, 2.24) is 40.4 Å². The van der Waals surface area contributed by atoms with Crippen LogP contribution in [0.4, 0.5) is 11.6 Å². The molecule has 1 unspecified atom stereocenters. The van der Waals surface area contributed by atoms with Crippen LogP contribution in [0.25, 0.3) is 11.2 Å². The molecule has 0 saturated carbocycles. The van der Waals surface area contributed by atoms with Gasteiger partial charge in [-0.1, -0.05) is 0 Å². The molecule has 3 aliphatic rings. The third-order valence-corrected chi connectivity index (χ3v) is 9.22.